The number of ketones is 1. The van der Waals surface area contributed by atoms with Crippen molar-refractivity contribution in [3.05, 3.63) is 84.0 Å². The molecule has 0 aliphatic carbocycles. The summed E-state index contributed by atoms with van der Waals surface area (Å²) in [5.74, 6) is -0.226. The van der Waals surface area contributed by atoms with Crippen molar-refractivity contribution in [3.63, 3.8) is 0 Å². The molecule has 36 heavy (non-hydrogen) atoms. The second-order valence-electron chi connectivity index (χ2n) is 8.52. The summed E-state index contributed by atoms with van der Waals surface area (Å²) in [6.07, 6.45) is 6.74. The highest BCUT2D eigenvalue weighted by atomic mass is 16.5. The van der Waals surface area contributed by atoms with Gasteiger partial charge in [0.15, 0.2) is 0 Å². The Morgan fingerprint density at radius 1 is 1.03 bits per heavy atom. The molecule has 0 radical (unpaired) electrons. The predicted molar refractivity (Wildman–Crippen MR) is 136 cm³/mol. The number of benzene rings is 2. The maximum Gasteiger partial charge on any atom is 0.295 e. The molecule has 3 aromatic rings. The van der Waals surface area contributed by atoms with Crippen LogP contribution in [0.25, 0.3) is 5.76 Å². The fraction of sp³-hybridized carbons (Fsp3) is 0.321. The van der Waals surface area contributed by atoms with Gasteiger partial charge in [-0.1, -0.05) is 19.1 Å². The quantitative estimate of drug-likeness (QED) is 0.241. The van der Waals surface area contributed by atoms with E-state index in [-0.39, 0.29) is 11.3 Å². The van der Waals surface area contributed by atoms with Crippen molar-refractivity contribution in [1.29, 1.82) is 0 Å². The molecular formula is C28H31N3O5. The van der Waals surface area contributed by atoms with Gasteiger partial charge in [-0.15, -0.1) is 0 Å². The number of likely N-dealkylation sites (tertiary alicyclic amines) is 1. The summed E-state index contributed by atoms with van der Waals surface area (Å²) in [5.41, 5.74) is 1.22. The lowest BCUT2D eigenvalue weighted by molar-refractivity contribution is -0.139. The van der Waals surface area contributed by atoms with Crippen LogP contribution in [0.15, 0.2) is 72.8 Å². The maximum absolute atomic E-state index is 13.3. The van der Waals surface area contributed by atoms with E-state index >= 15 is 0 Å². The standard InChI is InChI=1S/C28H31N3O5/c1-3-17-36-23-8-5-7-21(18-23)25-24(26(32)20-9-11-22(12-10-20)35-4-2)27(33)28(34)31(25)15-6-14-30-16-13-29-19-30/h5,7-13,16,18-19,25,32H,3-4,6,14-15,17H2,1-2H3/b26-24+/t25-/m1/s1. The van der Waals surface area contributed by atoms with Gasteiger partial charge in [-0.05, 0) is 61.7 Å². The SMILES string of the molecule is CCCOc1cccc([C@@H]2/C(=C(\O)c3ccc(OCC)cc3)C(=O)C(=O)N2CCCn2ccnc2)c1. The molecule has 1 aromatic heterocycles. The van der Waals surface area contributed by atoms with Gasteiger partial charge in [0.05, 0.1) is 31.2 Å². The van der Waals surface area contributed by atoms with E-state index in [0.29, 0.717) is 55.4 Å². The number of aliphatic hydroxyl groups excluding tert-OH is 1. The summed E-state index contributed by atoms with van der Waals surface area (Å²) in [7, 11) is 0. The molecular weight excluding hydrogens is 458 g/mol. The number of hydrogen-bond acceptors (Lipinski definition) is 6. The Bertz CT molecular complexity index is 1220. The molecule has 1 amide bonds. The first-order valence-electron chi connectivity index (χ1n) is 12.2. The number of ether oxygens (including phenoxy) is 2. The molecule has 0 bridgehead atoms. The minimum Gasteiger partial charge on any atom is -0.507 e. The Labute approximate surface area is 210 Å². The Morgan fingerprint density at radius 2 is 1.83 bits per heavy atom. The minimum atomic E-state index is -0.732. The van der Waals surface area contributed by atoms with Crippen LogP contribution in [0, 0.1) is 0 Å². The Kier molecular flexibility index (Phi) is 8.05. The van der Waals surface area contributed by atoms with Gasteiger partial charge in [0.1, 0.15) is 17.3 Å². The summed E-state index contributed by atoms with van der Waals surface area (Å²) in [5, 5.41) is 11.3. The van der Waals surface area contributed by atoms with Crippen LogP contribution in [-0.4, -0.2) is 51.0 Å². The lowest BCUT2D eigenvalue weighted by Crippen LogP contribution is -2.31. The number of aryl methyl sites for hydroxylation is 1. The second kappa shape index (κ2) is 11.6. The molecule has 8 nitrogen and oxygen atoms in total. The maximum atomic E-state index is 13.3. The van der Waals surface area contributed by atoms with Crippen LogP contribution in [0.1, 0.15) is 43.9 Å². The third kappa shape index (κ3) is 5.43. The number of imidazole rings is 1. The Balaban J connectivity index is 1.71. The van der Waals surface area contributed by atoms with E-state index in [1.807, 2.05) is 48.9 Å². The van der Waals surface area contributed by atoms with Crippen LogP contribution in [0.3, 0.4) is 0 Å². The van der Waals surface area contributed by atoms with Crippen LogP contribution in [0.4, 0.5) is 0 Å². The van der Waals surface area contributed by atoms with Gasteiger partial charge in [0.25, 0.3) is 11.7 Å². The molecule has 1 aliphatic heterocycles. The summed E-state index contributed by atoms with van der Waals surface area (Å²) in [4.78, 5) is 32.0. The molecule has 4 rings (SSSR count). The van der Waals surface area contributed by atoms with Crippen LogP contribution < -0.4 is 9.47 Å². The number of hydrogen-bond donors (Lipinski definition) is 1. The number of Topliss-reactive ketones (excluding diaryl/α,β-unsaturated/α-hetero) is 1. The van der Waals surface area contributed by atoms with E-state index < -0.39 is 17.7 Å². The fourth-order valence-electron chi connectivity index (χ4n) is 4.33. The molecule has 0 saturated carbocycles. The smallest absolute Gasteiger partial charge is 0.295 e. The van der Waals surface area contributed by atoms with Gasteiger partial charge in [-0.3, -0.25) is 9.59 Å². The highest BCUT2D eigenvalue weighted by Gasteiger charge is 2.45. The van der Waals surface area contributed by atoms with E-state index in [0.717, 1.165) is 6.42 Å². The molecule has 1 N–H and O–H groups in total. The lowest BCUT2D eigenvalue weighted by atomic mass is 9.95. The highest BCUT2D eigenvalue weighted by molar-refractivity contribution is 6.46. The van der Waals surface area contributed by atoms with Gasteiger partial charge < -0.3 is 24.0 Å². The number of carbonyl (C=O) groups excluding carboxylic acids is 2. The molecule has 0 unspecified atom stereocenters. The topological polar surface area (TPSA) is 93.9 Å². The molecule has 1 atom stereocenters. The van der Waals surface area contributed by atoms with E-state index in [4.69, 9.17) is 9.47 Å². The van der Waals surface area contributed by atoms with E-state index in [1.54, 1.807) is 36.8 Å². The molecule has 1 fully saturated rings. The van der Waals surface area contributed by atoms with Crippen LogP contribution in [0.5, 0.6) is 11.5 Å². The van der Waals surface area contributed by atoms with Crippen molar-refractivity contribution < 1.29 is 24.2 Å². The average molecular weight is 490 g/mol. The van der Waals surface area contributed by atoms with Crippen molar-refractivity contribution in [2.45, 2.75) is 39.3 Å². The predicted octanol–water partition coefficient (Wildman–Crippen LogP) is 4.58. The molecule has 1 saturated heterocycles. The van der Waals surface area contributed by atoms with Crippen LogP contribution >= 0.6 is 0 Å². The normalized spacial score (nSPS) is 16.9. The first-order chi connectivity index (χ1) is 17.5. The number of aromatic nitrogens is 2. The molecule has 188 valence electrons. The van der Waals surface area contributed by atoms with Crippen molar-refractivity contribution in [3.8, 4) is 11.5 Å². The first kappa shape index (κ1) is 25.0. The summed E-state index contributed by atoms with van der Waals surface area (Å²) in [6.45, 7) is 5.98. The monoisotopic (exact) mass is 489 g/mol. The Morgan fingerprint density at radius 3 is 2.53 bits per heavy atom. The minimum absolute atomic E-state index is 0.0689. The molecule has 1 aliphatic rings. The second-order valence-corrected chi connectivity index (χ2v) is 8.52. The van der Waals surface area contributed by atoms with Crippen molar-refractivity contribution in [2.24, 2.45) is 0 Å². The zero-order chi connectivity index (χ0) is 25.5. The fourth-order valence-corrected chi connectivity index (χ4v) is 4.33. The van der Waals surface area contributed by atoms with E-state index in [2.05, 4.69) is 4.98 Å². The zero-order valence-corrected chi connectivity index (χ0v) is 20.6. The van der Waals surface area contributed by atoms with Gasteiger partial charge >= 0.3 is 0 Å². The van der Waals surface area contributed by atoms with Crippen LogP contribution in [0.2, 0.25) is 0 Å². The zero-order valence-electron chi connectivity index (χ0n) is 20.6. The molecule has 0 spiro atoms. The average Bonchev–Trinajstić information content (AvgIpc) is 3.50. The summed E-state index contributed by atoms with van der Waals surface area (Å²) >= 11 is 0. The molecule has 2 heterocycles. The summed E-state index contributed by atoms with van der Waals surface area (Å²) < 4.78 is 13.2. The van der Waals surface area contributed by atoms with Crippen molar-refractivity contribution in [1.82, 2.24) is 14.5 Å². The number of carbonyl (C=O) groups is 2. The van der Waals surface area contributed by atoms with Gasteiger partial charge in [-0.25, -0.2) is 4.98 Å². The van der Waals surface area contributed by atoms with Gasteiger partial charge in [0, 0.05) is 31.0 Å². The van der Waals surface area contributed by atoms with Crippen molar-refractivity contribution >= 4 is 17.4 Å². The van der Waals surface area contributed by atoms with E-state index in [9.17, 15) is 14.7 Å². The largest absolute Gasteiger partial charge is 0.507 e. The summed E-state index contributed by atoms with van der Waals surface area (Å²) in [6, 6.07) is 13.5. The lowest BCUT2D eigenvalue weighted by Gasteiger charge is -2.26. The number of nitrogens with zero attached hydrogens (tertiary/aromatic N) is 3. The first-order valence-corrected chi connectivity index (χ1v) is 12.2. The van der Waals surface area contributed by atoms with Crippen LogP contribution in [-0.2, 0) is 16.1 Å². The molecule has 8 heteroatoms. The van der Waals surface area contributed by atoms with Gasteiger partial charge in [0.2, 0.25) is 0 Å². The Hall–Kier alpha value is -4.07. The number of aliphatic hydroxyl groups is 1. The third-order valence-corrected chi connectivity index (χ3v) is 6.00. The number of amides is 1. The van der Waals surface area contributed by atoms with E-state index in [1.165, 1.54) is 4.90 Å². The number of rotatable bonds is 11. The third-order valence-electron chi connectivity index (χ3n) is 6.00. The van der Waals surface area contributed by atoms with Crippen molar-refractivity contribution in [2.75, 3.05) is 19.8 Å². The molecule has 2 aromatic carbocycles. The highest BCUT2D eigenvalue weighted by Crippen LogP contribution is 2.40. The van der Waals surface area contributed by atoms with Gasteiger partial charge in [-0.2, -0.15) is 0 Å².